The number of anilines is 3. The van der Waals surface area contributed by atoms with Crippen molar-refractivity contribution in [3.8, 4) is 0 Å². The highest BCUT2D eigenvalue weighted by Gasteiger charge is 2.54. The van der Waals surface area contributed by atoms with E-state index in [9.17, 15) is 19.2 Å². The van der Waals surface area contributed by atoms with Crippen LogP contribution in [-0.4, -0.2) is 116 Å². The Balaban J connectivity index is 0.865. The number of benzene rings is 2. The van der Waals surface area contributed by atoms with Crippen molar-refractivity contribution in [3.63, 3.8) is 0 Å². The van der Waals surface area contributed by atoms with Gasteiger partial charge in [-0.1, -0.05) is 31.2 Å². The molecule has 0 radical (unpaired) electrons. The number of hydrogen-bond donors (Lipinski definition) is 3. The first-order valence-electron chi connectivity index (χ1n) is 22.0. The second-order valence-corrected chi connectivity index (χ2v) is 17.5. The Morgan fingerprint density at radius 1 is 1.02 bits per heavy atom. The number of amidine groups is 1. The van der Waals surface area contributed by atoms with Crippen LogP contribution < -0.4 is 25.8 Å². The Kier molecular flexibility index (Phi) is 12.8. The molecule has 14 nitrogen and oxygen atoms in total. The van der Waals surface area contributed by atoms with Crippen LogP contribution in [0.4, 0.5) is 22.9 Å². The SMILES string of the molecule is C=CCNC(=O)/C(=C/N=C)C(=Nc1ccc2c(n1)C(CC)CC2)Nc1ccc(N2CCN(C3CC4(C3)CN(c3cccc(C=O)c3CN(C)C3CCC(=O)NC3=O)C4)CC2)cc1. The third-order valence-corrected chi connectivity index (χ3v) is 13.5. The standard InChI is InChI=1S/C48H58N10O4/c1-5-20-50-46(61)38(27-49-3)45(53-42-18-12-33-11-10-32(6-2)44(33)52-42)51-35-13-15-36(16-14-35)56-21-23-57(24-22-56)37-25-48(26-37)30-58(31-48)40-9-7-8-34(29-59)39(40)28-55(4)41-17-19-43(60)54-47(41)62/h5,7-9,12-16,18,27,29,32,37,41H,1,3,6,10-11,17,19-26,28,30-31H2,2,4H3,(H,50,61)(H,51,52,53)(H,54,60,62)/b38-27+. The summed E-state index contributed by atoms with van der Waals surface area (Å²) in [5, 5.41) is 8.69. The molecule has 3 aromatic rings. The summed E-state index contributed by atoms with van der Waals surface area (Å²) in [7, 11) is 1.89. The Morgan fingerprint density at radius 2 is 1.79 bits per heavy atom. The van der Waals surface area contributed by atoms with E-state index in [2.05, 4.69) is 80.1 Å². The van der Waals surface area contributed by atoms with Crippen molar-refractivity contribution in [3.05, 3.63) is 101 Å². The number of aryl methyl sites for hydroxylation is 1. The lowest BCUT2D eigenvalue weighted by Gasteiger charge is -2.62. The van der Waals surface area contributed by atoms with E-state index in [1.807, 2.05) is 42.3 Å². The lowest BCUT2D eigenvalue weighted by Crippen LogP contribution is -2.68. The quantitative estimate of drug-likeness (QED) is 0.0454. The van der Waals surface area contributed by atoms with Gasteiger partial charge < -0.3 is 20.4 Å². The lowest BCUT2D eigenvalue weighted by molar-refractivity contribution is -0.137. The van der Waals surface area contributed by atoms with E-state index in [1.165, 1.54) is 11.8 Å². The summed E-state index contributed by atoms with van der Waals surface area (Å²) in [5.74, 6) is 0.427. The molecule has 3 saturated heterocycles. The first kappa shape index (κ1) is 42.7. The summed E-state index contributed by atoms with van der Waals surface area (Å²) in [6.07, 6.45) is 10.2. The third kappa shape index (κ3) is 8.98. The van der Waals surface area contributed by atoms with Gasteiger partial charge >= 0.3 is 0 Å². The van der Waals surface area contributed by atoms with Gasteiger partial charge in [-0.15, -0.1) is 6.58 Å². The van der Waals surface area contributed by atoms with E-state index in [1.54, 1.807) is 6.08 Å². The maximum absolute atomic E-state index is 13.3. The molecule has 4 fully saturated rings. The van der Waals surface area contributed by atoms with Crippen LogP contribution in [0.1, 0.15) is 78.5 Å². The minimum absolute atomic E-state index is 0.232. The number of fused-ring (bicyclic) bond motifs is 1. The maximum atomic E-state index is 13.3. The van der Waals surface area contributed by atoms with Gasteiger partial charge in [0, 0.05) is 111 Å². The number of carbonyl (C=O) groups is 4. The summed E-state index contributed by atoms with van der Waals surface area (Å²) >= 11 is 0. The van der Waals surface area contributed by atoms with Gasteiger partial charge in [0.05, 0.1) is 6.04 Å². The number of piperidine rings is 1. The van der Waals surface area contributed by atoms with E-state index >= 15 is 0 Å². The van der Waals surface area contributed by atoms with Crippen molar-refractivity contribution in [2.75, 3.05) is 68.0 Å². The summed E-state index contributed by atoms with van der Waals surface area (Å²) < 4.78 is 0. The number of aromatic nitrogens is 1. The molecule has 2 aliphatic carbocycles. The predicted octanol–water partition coefficient (Wildman–Crippen LogP) is 5.39. The molecular weight excluding hydrogens is 781 g/mol. The summed E-state index contributed by atoms with van der Waals surface area (Å²) in [4.78, 5) is 72.9. The summed E-state index contributed by atoms with van der Waals surface area (Å²) in [5.41, 5.74) is 7.44. The van der Waals surface area contributed by atoms with Gasteiger partial charge in [0.2, 0.25) is 11.8 Å². The van der Waals surface area contributed by atoms with Crippen LogP contribution in [0.25, 0.3) is 0 Å². The second kappa shape index (κ2) is 18.5. The number of rotatable bonds is 15. The van der Waals surface area contributed by atoms with Crippen LogP contribution in [0.15, 0.2) is 89.0 Å². The highest BCUT2D eigenvalue weighted by Crippen LogP contribution is 2.52. The van der Waals surface area contributed by atoms with Gasteiger partial charge in [-0.2, -0.15) is 0 Å². The maximum Gasteiger partial charge on any atom is 0.256 e. The molecule has 2 atom stereocenters. The molecule has 5 aliphatic rings. The highest BCUT2D eigenvalue weighted by atomic mass is 16.2. The van der Waals surface area contributed by atoms with Crippen molar-refractivity contribution >= 4 is 59.4 Å². The molecular formula is C48H58N10O4. The molecule has 62 heavy (non-hydrogen) atoms. The van der Waals surface area contributed by atoms with Gasteiger partial charge in [-0.25, -0.2) is 9.98 Å². The Bertz CT molecular complexity index is 2270. The van der Waals surface area contributed by atoms with Crippen molar-refractivity contribution in [1.29, 1.82) is 0 Å². The molecule has 324 valence electrons. The monoisotopic (exact) mass is 838 g/mol. The van der Waals surface area contributed by atoms with Gasteiger partial charge in [0.15, 0.2) is 5.82 Å². The van der Waals surface area contributed by atoms with Gasteiger partial charge in [0.25, 0.3) is 5.91 Å². The third-order valence-electron chi connectivity index (χ3n) is 13.5. The fraction of sp³-hybridized carbons (Fsp3) is 0.438. The molecule has 1 aromatic heterocycles. The Labute approximate surface area is 364 Å². The number of nitrogens with zero attached hydrogens (tertiary/aromatic N) is 7. The molecule has 8 rings (SSSR count). The molecule has 2 unspecified atom stereocenters. The number of aliphatic imine (C=N–C) groups is 2. The molecule has 1 saturated carbocycles. The van der Waals surface area contributed by atoms with Gasteiger partial charge in [-0.05, 0) is 99.8 Å². The molecule has 2 aromatic carbocycles. The number of carbonyl (C=O) groups excluding carboxylic acids is 4. The zero-order valence-electron chi connectivity index (χ0n) is 35.9. The van der Waals surface area contributed by atoms with Crippen LogP contribution in [0.3, 0.4) is 0 Å². The summed E-state index contributed by atoms with van der Waals surface area (Å²) in [6, 6.07) is 18.3. The topological polar surface area (TPSA) is 155 Å². The number of likely N-dealkylation sites (N-methyl/N-ethyl adjacent to an activating group) is 1. The van der Waals surface area contributed by atoms with E-state index in [0.717, 1.165) is 106 Å². The number of aldehydes is 1. The van der Waals surface area contributed by atoms with Crippen molar-refractivity contribution < 1.29 is 19.2 Å². The van der Waals surface area contributed by atoms with E-state index in [0.29, 0.717) is 55.1 Å². The molecule has 3 aliphatic heterocycles. The van der Waals surface area contributed by atoms with Crippen LogP contribution in [-0.2, 0) is 27.3 Å². The summed E-state index contributed by atoms with van der Waals surface area (Å²) in [6.45, 7) is 16.0. The zero-order valence-corrected chi connectivity index (χ0v) is 35.9. The average Bonchev–Trinajstić information content (AvgIpc) is 3.66. The largest absolute Gasteiger partial charge is 0.370 e. The van der Waals surface area contributed by atoms with Gasteiger partial charge in [-0.3, -0.25) is 39.3 Å². The molecule has 4 heterocycles. The smallest absolute Gasteiger partial charge is 0.256 e. The number of hydrogen-bond acceptors (Lipinski definition) is 11. The van der Waals surface area contributed by atoms with Crippen LogP contribution in [0.2, 0.25) is 0 Å². The minimum atomic E-state index is -0.405. The molecule has 3 amide bonds. The molecule has 14 heteroatoms. The van der Waals surface area contributed by atoms with Crippen molar-refractivity contribution in [2.45, 2.75) is 76.4 Å². The zero-order chi connectivity index (χ0) is 43.4. The highest BCUT2D eigenvalue weighted by molar-refractivity contribution is 6.25. The normalized spacial score (nSPS) is 21.5. The van der Waals surface area contributed by atoms with Gasteiger partial charge in [0.1, 0.15) is 17.7 Å². The predicted molar refractivity (Wildman–Crippen MR) is 245 cm³/mol. The van der Waals surface area contributed by atoms with Crippen LogP contribution in [0.5, 0.6) is 0 Å². The number of pyridine rings is 1. The molecule has 1 spiro atoms. The molecule has 3 N–H and O–H groups in total. The van der Waals surface area contributed by atoms with Crippen molar-refractivity contribution in [1.82, 2.24) is 25.4 Å². The van der Waals surface area contributed by atoms with E-state index in [4.69, 9.17) is 9.98 Å². The van der Waals surface area contributed by atoms with Crippen LogP contribution in [0, 0.1) is 5.41 Å². The number of imide groups is 1. The Hall–Kier alpha value is -5.99. The average molecular weight is 839 g/mol. The number of nitrogens with one attached hydrogen (secondary N) is 3. The first-order chi connectivity index (χ1) is 30.1. The van der Waals surface area contributed by atoms with E-state index in [-0.39, 0.29) is 28.7 Å². The Morgan fingerprint density at radius 3 is 2.48 bits per heavy atom. The number of piperazine rings is 1. The fourth-order valence-electron chi connectivity index (χ4n) is 10.1. The van der Waals surface area contributed by atoms with Crippen LogP contribution >= 0.6 is 0 Å². The minimum Gasteiger partial charge on any atom is -0.370 e. The first-order valence-corrected chi connectivity index (χ1v) is 22.0. The fourth-order valence-corrected chi connectivity index (χ4v) is 10.1. The van der Waals surface area contributed by atoms with E-state index < -0.39 is 6.04 Å². The molecule has 0 bridgehead atoms. The number of amides is 3. The lowest BCUT2D eigenvalue weighted by atomic mass is 9.60. The second-order valence-electron chi connectivity index (χ2n) is 17.5. The van der Waals surface area contributed by atoms with Crippen molar-refractivity contribution in [2.24, 2.45) is 15.4 Å².